The Balaban J connectivity index is 1.83. The van der Waals surface area contributed by atoms with E-state index in [1.165, 1.54) is 6.08 Å². The van der Waals surface area contributed by atoms with Gasteiger partial charge in [0.15, 0.2) is 0 Å². The summed E-state index contributed by atoms with van der Waals surface area (Å²) in [7, 11) is 0. The molecule has 3 aromatic rings. The second kappa shape index (κ2) is 10.9. The zero-order chi connectivity index (χ0) is 22.9. The molecule has 5 nitrogen and oxygen atoms in total. The summed E-state index contributed by atoms with van der Waals surface area (Å²) in [5.74, 6) is -0.00806. The van der Waals surface area contributed by atoms with Gasteiger partial charge in [0.1, 0.15) is 24.0 Å². The van der Waals surface area contributed by atoms with E-state index < -0.39 is 5.91 Å². The van der Waals surface area contributed by atoms with Gasteiger partial charge in [0.2, 0.25) is 0 Å². The van der Waals surface area contributed by atoms with Crippen LogP contribution in [0.5, 0.6) is 5.75 Å². The van der Waals surface area contributed by atoms with Crippen molar-refractivity contribution in [3.05, 3.63) is 99.0 Å². The highest BCUT2D eigenvalue weighted by molar-refractivity contribution is 9.10. The number of ether oxygens (including phenoxy) is 1. The third-order valence-electron chi connectivity index (χ3n) is 4.78. The van der Waals surface area contributed by atoms with Crippen LogP contribution in [0, 0.1) is 22.7 Å². The Labute approximate surface area is 195 Å². The number of anilines is 1. The minimum absolute atomic E-state index is 0.0510. The minimum atomic E-state index is -0.502. The molecule has 3 aromatic carbocycles. The maximum atomic E-state index is 12.7. The minimum Gasteiger partial charge on any atom is -0.488 e. The molecule has 32 heavy (non-hydrogen) atoms. The van der Waals surface area contributed by atoms with Crippen LogP contribution < -0.4 is 10.1 Å². The average Bonchev–Trinajstić information content (AvgIpc) is 2.82. The third kappa shape index (κ3) is 5.85. The van der Waals surface area contributed by atoms with E-state index in [0.717, 1.165) is 22.0 Å². The Bertz CT molecular complexity index is 1240. The summed E-state index contributed by atoms with van der Waals surface area (Å²) in [4.78, 5) is 12.7. The van der Waals surface area contributed by atoms with Gasteiger partial charge in [-0.1, -0.05) is 53.2 Å². The van der Waals surface area contributed by atoms with E-state index in [0.29, 0.717) is 22.6 Å². The molecule has 0 bridgehead atoms. The molecule has 0 aliphatic heterocycles. The molecule has 0 aromatic heterocycles. The van der Waals surface area contributed by atoms with E-state index in [1.807, 2.05) is 48.5 Å². The quantitative estimate of drug-likeness (QED) is 0.328. The van der Waals surface area contributed by atoms with E-state index in [1.54, 1.807) is 24.3 Å². The second-order valence-electron chi connectivity index (χ2n) is 6.91. The molecule has 3 rings (SSSR count). The number of rotatable bonds is 7. The van der Waals surface area contributed by atoms with Crippen LogP contribution in [0.1, 0.15) is 29.2 Å². The molecule has 0 fully saturated rings. The van der Waals surface area contributed by atoms with Crippen molar-refractivity contribution in [1.29, 1.82) is 10.5 Å². The Hall–Kier alpha value is -3.87. The first kappa shape index (κ1) is 22.8. The molecule has 0 saturated heterocycles. The number of carbonyl (C=O) groups excluding carboxylic acids is 1. The van der Waals surface area contributed by atoms with Crippen LogP contribution in [0.4, 0.5) is 5.69 Å². The van der Waals surface area contributed by atoms with Crippen molar-refractivity contribution < 1.29 is 9.53 Å². The highest BCUT2D eigenvalue weighted by atomic mass is 79.9. The van der Waals surface area contributed by atoms with E-state index in [-0.39, 0.29) is 12.2 Å². The zero-order valence-electron chi connectivity index (χ0n) is 17.4. The van der Waals surface area contributed by atoms with Gasteiger partial charge in [-0.25, -0.2) is 0 Å². The standard InChI is InChI=1S/C26H20BrN3O2/c1-2-18-7-10-24(11-8-18)30-26(31)22(16-29)13-21-14-23(27)9-12-25(21)32-17-20-6-4-3-5-19(20)15-28/h3-14H,2,17H2,1H3,(H,30,31)/b22-13-. The average molecular weight is 486 g/mol. The van der Waals surface area contributed by atoms with E-state index >= 15 is 0 Å². The molecular weight excluding hydrogens is 466 g/mol. The predicted molar refractivity (Wildman–Crippen MR) is 128 cm³/mol. The fraction of sp³-hybridized carbons (Fsp3) is 0.115. The number of nitrogens with zero attached hydrogens (tertiary/aromatic N) is 2. The molecular formula is C26H20BrN3O2. The highest BCUT2D eigenvalue weighted by Crippen LogP contribution is 2.27. The Morgan fingerprint density at radius 2 is 1.84 bits per heavy atom. The lowest BCUT2D eigenvalue weighted by molar-refractivity contribution is -0.112. The summed E-state index contributed by atoms with van der Waals surface area (Å²) in [5.41, 5.74) is 3.58. The first-order chi connectivity index (χ1) is 15.5. The molecule has 0 spiro atoms. The number of carbonyl (C=O) groups is 1. The molecule has 0 unspecified atom stereocenters. The van der Waals surface area contributed by atoms with Gasteiger partial charge in [-0.05, 0) is 54.5 Å². The monoisotopic (exact) mass is 485 g/mol. The first-order valence-electron chi connectivity index (χ1n) is 9.96. The molecule has 0 radical (unpaired) electrons. The van der Waals surface area contributed by atoms with Gasteiger partial charge in [-0.3, -0.25) is 4.79 Å². The smallest absolute Gasteiger partial charge is 0.266 e. The summed E-state index contributed by atoms with van der Waals surface area (Å²) in [5, 5.41) is 21.6. The van der Waals surface area contributed by atoms with Crippen LogP contribution in [-0.2, 0) is 17.8 Å². The Kier molecular flexibility index (Phi) is 7.80. The molecule has 6 heteroatoms. The predicted octanol–water partition coefficient (Wildman–Crippen LogP) is 6.01. The maximum Gasteiger partial charge on any atom is 0.266 e. The molecule has 1 N–H and O–H groups in total. The Morgan fingerprint density at radius 3 is 2.53 bits per heavy atom. The molecule has 0 atom stereocenters. The van der Waals surface area contributed by atoms with Crippen molar-refractivity contribution >= 4 is 33.6 Å². The highest BCUT2D eigenvalue weighted by Gasteiger charge is 2.13. The molecule has 158 valence electrons. The van der Waals surface area contributed by atoms with Crippen molar-refractivity contribution in [3.63, 3.8) is 0 Å². The molecule has 0 aliphatic rings. The lowest BCUT2D eigenvalue weighted by atomic mass is 10.1. The topological polar surface area (TPSA) is 85.9 Å². The van der Waals surface area contributed by atoms with Crippen molar-refractivity contribution in [1.82, 2.24) is 0 Å². The largest absolute Gasteiger partial charge is 0.488 e. The summed E-state index contributed by atoms with van der Waals surface area (Å²) < 4.78 is 6.71. The van der Waals surface area contributed by atoms with E-state index in [4.69, 9.17) is 4.74 Å². The number of nitriles is 2. The van der Waals surface area contributed by atoms with Crippen LogP contribution in [0.25, 0.3) is 6.08 Å². The van der Waals surface area contributed by atoms with Crippen molar-refractivity contribution in [2.24, 2.45) is 0 Å². The van der Waals surface area contributed by atoms with Gasteiger partial charge in [-0.2, -0.15) is 10.5 Å². The number of nitrogens with one attached hydrogen (secondary N) is 1. The fourth-order valence-electron chi connectivity index (χ4n) is 3.00. The lowest BCUT2D eigenvalue weighted by Gasteiger charge is -2.11. The number of amides is 1. The van der Waals surface area contributed by atoms with E-state index in [2.05, 4.69) is 34.2 Å². The van der Waals surface area contributed by atoms with Gasteiger partial charge >= 0.3 is 0 Å². The van der Waals surface area contributed by atoms with Gasteiger partial charge in [0.05, 0.1) is 11.6 Å². The van der Waals surface area contributed by atoms with Crippen LogP contribution in [0.3, 0.4) is 0 Å². The zero-order valence-corrected chi connectivity index (χ0v) is 19.0. The molecule has 0 saturated carbocycles. The van der Waals surface area contributed by atoms with Crippen molar-refractivity contribution in [2.75, 3.05) is 5.32 Å². The Morgan fingerprint density at radius 1 is 1.09 bits per heavy atom. The summed E-state index contributed by atoms with van der Waals surface area (Å²) in [6.45, 7) is 2.24. The van der Waals surface area contributed by atoms with Crippen molar-refractivity contribution in [2.45, 2.75) is 20.0 Å². The second-order valence-corrected chi connectivity index (χ2v) is 7.83. The molecule has 0 aliphatic carbocycles. The number of hydrogen-bond donors (Lipinski definition) is 1. The third-order valence-corrected chi connectivity index (χ3v) is 5.27. The van der Waals surface area contributed by atoms with Crippen LogP contribution >= 0.6 is 15.9 Å². The maximum absolute atomic E-state index is 12.7. The number of benzene rings is 3. The number of aryl methyl sites for hydroxylation is 1. The van der Waals surface area contributed by atoms with E-state index in [9.17, 15) is 15.3 Å². The number of halogens is 1. The molecule has 1 amide bonds. The lowest BCUT2D eigenvalue weighted by Crippen LogP contribution is -2.13. The first-order valence-corrected chi connectivity index (χ1v) is 10.8. The SMILES string of the molecule is CCc1ccc(NC(=O)/C(C#N)=C\c2cc(Br)ccc2OCc2ccccc2C#N)cc1. The summed E-state index contributed by atoms with van der Waals surface area (Å²) >= 11 is 3.42. The van der Waals surface area contributed by atoms with Gasteiger partial charge in [0.25, 0.3) is 5.91 Å². The normalized spacial score (nSPS) is 10.7. The van der Waals surface area contributed by atoms with Crippen LogP contribution in [-0.4, -0.2) is 5.91 Å². The number of hydrogen-bond acceptors (Lipinski definition) is 4. The van der Waals surface area contributed by atoms with Crippen molar-refractivity contribution in [3.8, 4) is 17.9 Å². The van der Waals surface area contributed by atoms with Gasteiger partial charge in [0, 0.05) is 21.3 Å². The van der Waals surface area contributed by atoms with Gasteiger partial charge < -0.3 is 10.1 Å². The summed E-state index contributed by atoms with van der Waals surface area (Å²) in [6.07, 6.45) is 2.40. The van der Waals surface area contributed by atoms with Crippen LogP contribution in [0.15, 0.2) is 76.8 Å². The van der Waals surface area contributed by atoms with Crippen LogP contribution in [0.2, 0.25) is 0 Å². The van der Waals surface area contributed by atoms with Gasteiger partial charge in [-0.15, -0.1) is 0 Å². The fourth-order valence-corrected chi connectivity index (χ4v) is 3.38. The molecule has 0 heterocycles. The summed E-state index contributed by atoms with van der Waals surface area (Å²) in [6, 6.07) is 24.1.